The average Bonchev–Trinajstić information content (AvgIpc) is 2.50. The van der Waals surface area contributed by atoms with Crippen molar-refractivity contribution in [2.45, 2.75) is 13.0 Å². The van der Waals surface area contributed by atoms with Crippen LogP contribution in [0.3, 0.4) is 0 Å². The molecule has 0 fully saturated rings. The molecule has 0 aliphatic heterocycles. The van der Waals surface area contributed by atoms with E-state index in [0.717, 1.165) is 28.6 Å². The van der Waals surface area contributed by atoms with E-state index in [9.17, 15) is 8.78 Å². The molecule has 4 heteroatoms. The van der Waals surface area contributed by atoms with E-state index in [1.807, 2.05) is 24.3 Å². The van der Waals surface area contributed by atoms with Crippen molar-refractivity contribution < 1.29 is 8.78 Å². The molecule has 106 valence electrons. The lowest BCUT2D eigenvalue weighted by Gasteiger charge is -2.18. The van der Waals surface area contributed by atoms with Gasteiger partial charge in [-0.3, -0.25) is 4.98 Å². The van der Waals surface area contributed by atoms with E-state index < -0.39 is 11.6 Å². The van der Waals surface area contributed by atoms with Gasteiger partial charge in [0.05, 0.1) is 6.04 Å². The first-order chi connectivity index (χ1) is 10.1. The van der Waals surface area contributed by atoms with Gasteiger partial charge < -0.3 is 5.32 Å². The maximum atomic E-state index is 13.8. The van der Waals surface area contributed by atoms with Crippen molar-refractivity contribution in [1.29, 1.82) is 0 Å². The number of hydrogen-bond acceptors (Lipinski definition) is 2. The Morgan fingerprint density at radius 1 is 1.10 bits per heavy atom. The maximum absolute atomic E-state index is 13.8. The van der Waals surface area contributed by atoms with Crippen LogP contribution in [0.1, 0.15) is 18.5 Å². The second-order valence-electron chi connectivity index (χ2n) is 4.93. The molecule has 1 heterocycles. The van der Waals surface area contributed by atoms with Crippen molar-refractivity contribution >= 4 is 16.5 Å². The number of halogens is 2. The van der Waals surface area contributed by atoms with Crippen LogP contribution in [0.5, 0.6) is 0 Å². The largest absolute Gasteiger partial charge is 0.378 e. The van der Waals surface area contributed by atoms with Gasteiger partial charge in [0.1, 0.15) is 11.6 Å². The molecule has 0 aliphatic carbocycles. The summed E-state index contributed by atoms with van der Waals surface area (Å²) < 4.78 is 27.1. The number of anilines is 1. The molecular weight excluding hydrogens is 270 g/mol. The van der Waals surface area contributed by atoms with Crippen LogP contribution in [-0.4, -0.2) is 4.98 Å². The highest BCUT2D eigenvalue weighted by molar-refractivity contribution is 5.93. The summed E-state index contributed by atoms with van der Waals surface area (Å²) in [6.45, 7) is 1.80. The van der Waals surface area contributed by atoms with E-state index >= 15 is 0 Å². The fourth-order valence-electron chi connectivity index (χ4n) is 2.40. The van der Waals surface area contributed by atoms with Crippen molar-refractivity contribution in [2.75, 3.05) is 5.32 Å². The predicted molar refractivity (Wildman–Crippen MR) is 80.1 cm³/mol. The SMILES string of the molecule is CC(Nc1cccc2ccncc12)c1cc(F)ccc1F. The summed E-state index contributed by atoms with van der Waals surface area (Å²) in [5, 5.41) is 5.21. The van der Waals surface area contributed by atoms with Crippen LogP contribution in [-0.2, 0) is 0 Å². The molecule has 3 aromatic rings. The molecule has 0 saturated heterocycles. The van der Waals surface area contributed by atoms with Crippen molar-refractivity contribution in [3.05, 3.63) is 72.1 Å². The van der Waals surface area contributed by atoms with Crippen molar-refractivity contribution in [2.24, 2.45) is 0 Å². The maximum Gasteiger partial charge on any atom is 0.128 e. The fourth-order valence-corrected chi connectivity index (χ4v) is 2.40. The highest BCUT2D eigenvalue weighted by Gasteiger charge is 2.13. The van der Waals surface area contributed by atoms with Gasteiger partial charge in [-0.15, -0.1) is 0 Å². The second-order valence-corrected chi connectivity index (χ2v) is 4.93. The monoisotopic (exact) mass is 284 g/mol. The van der Waals surface area contributed by atoms with Crippen LogP contribution in [0.25, 0.3) is 10.8 Å². The van der Waals surface area contributed by atoms with Gasteiger partial charge in [-0.1, -0.05) is 12.1 Å². The molecule has 1 N–H and O–H groups in total. The molecule has 2 aromatic carbocycles. The lowest BCUT2D eigenvalue weighted by molar-refractivity contribution is 0.577. The molecule has 3 rings (SSSR count). The standard InChI is InChI=1S/C17H14F2N2/c1-11(14-9-13(18)5-6-16(14)19)21-17-4-2-3-12-7-8-20-10-15(12)17/h2-11,21H,1H3. The quantitative estimate of drug-likeness (QED) is 0.755. The topological polar surface area (TPSA) is 24.9 Å². The number of nitrogens with zero attached hydrogens (tertiary/aromatic N) is 1. The molecule has 2 nitrogen and oxygen atoms in total. The minimum atomic E-state index is -0.445. The van der Waals surface area contributed by atoms with Gasteiger partial charge in [0.15, 0.2) is 0 Å². The number of hydrogen-bond donors (Lipinski definition) is 1. The third-order valence-electron chi connectivity index (χ3n) is 3.48. The number of fused-ring (bicyclic) bond motifs is 1. The van der Waals surface area contributed by atoms with Gasteiger partial charge in [0, 0.05) is 29.0 Å². The number of pyridine rings is 1. The Hall–Kier alpha value is -2.49. The first-order valence-corrected chi connectivity index (χ1v) is 6.69. The van der Waals surface area contributed by atoms with Crippen LogP contribution >= 0.6 is 0 Å². The molecule has 1 aromatic heterocycles. The summed E-state index contributed by atoms with van der Waals surface area (Å²) >= 11 is 0. The second kappa shape index (κ2) is 5.48. The minimum Gasteiger partial charge on any atom is -0.378 e. The third-order valence-corrected chi connectivity index (χ3v) is 3.48. The first kappa shape index (κ1) is 13.5. The van der Waals surface area contributed by atoms with Gasteiger partial charge in [-0.2, -0.15) is 0 Å². The zero-order valence-electron chi connectivity index (χ0n) is 11.5. The summed E-state index contributed by atoms with van der Waals surface area (Å²) in [5.41, 5.74) is 1.15. The minimum absolute atomic E-state index is 0.302. The Morgan fingerprint density at radius 3 is 2.81 bits per heavy atom. The predicted octanol–water partition coefficient (Wildman–Crippen LogP) is 4.69. The highest BCUT2D eigenvalue weighted by atomic mass is 19.1. The Morgan fingerprint density at radius 2 is 1.95 bits per heavy atom. The highest BCUT2D eigenvalue weighted by Crippen LogP contribution is 2.27. The van der Waals surface area contributed by atoms with Crippen molar-refractivity contribution in [3.8, 4) is 0 Å². The van der Waals surface area contributed by atoms with Crippen LogP contribution in [0.2, 0.25) is 0 Å². The van der Waals surface area contributed by atoms with Crippen LogP contribution in [0, 0.1) is 11.6 Å². The molecule has 0 spiro atoms. The number of nitrogens with one attached hydrogen (secondary N) is 1. The normalized spacial score (nSPS) is 12.3. The summed E-state index contributed by atoms with van der Waals surface area (Å²) in [5.74, 6) is -0.866. The van der Waals surface area contributed by atoms with E-state index in [1.54, 1.807) is 19.3 Å². The first-order valence-electron chi connectivity index (χ1n) is 6.69. The molecule has 0 amide bonds. The van der Waals surface area contributed by atoms with E-state index in [1.165, 1.54) is 6.07 Å². The van der Waals surface area contributed by atoms with Gasteiger partial charge in [0.2, 0.25) is 0 Å². The zero-order valence-corrected chi connectivity index (χ0v) is 11.5. The van der Waals surface area contributed by atoms with Gasteiger partial charge in [-0.25, -0.2) is 8.78 Å². The smallest absolute Gasteiger partial charge is 0.128 e. The number of benzene rings is 2. The number of aromatic nitrogens is 1. The van der Waals surface area contributed by atoms with Crippen molar-refractivity contribution in [3.63, 3.8) is 0 Å². The number of rotatable bonds is 3. The summed E-state index contributed by atoms with van der Waals surface area (Å²) in [6, 6.07) is 10.8. The molecule has 0 saturated carbocycles. The van der Waals surface area contributed by atoms with E-state index in [2.05, 4.69) is 10.3 Å². The Labute approximate surface area is 121 Å². The Balaban J connectivity index is 1.96. The van der Waals surface area contributed by atoms with Crippen LogP contribution < -0.4 is 5.32 Å². The Kier molecular flexibility index (Phi) is 3.52. The molecule has 0 bridgehead atoms. The molecule has 0 aliphatic rings. The van der Waals surface area contributed by atoms with E-state index in [0.29, 0.717) is 5.56 Å². The molecular formula is C17H14F2N2. The molecule has 0 radical (unpaired) electrons. The summed E-state index contributed by atoms with van der Waals surface area (Å²) in [7, 11) is 0. The summed E-state index contributed by atoms with van der Waals surface area (Å²) in [6.07, 6.45) is 3.48. The molecule has 1 unspecified atom stereocenters. The summed E-state index contributed by atoms with van der Waals surface area (Å²) in [4.78, 5) is 4.11. The van der Waals surface area contributed by atoms with Gasteiger partial charge >= 0.3 is 0 Å². The van der Waals surface area contributed by atoms with Gasteiger partial charge in [0.25, 0.3) is 0 Å². The zero-order chi connectivity index (χ0) is 14.8. The van der Waals surface area contributed by atoms with E-state index in [4.69, 9.17) is 0 Å². The van der Waals surface area contributed by atoms with Crippen molar-refractivity contribution in [1.82, 2.24) is 4.98 Å². The average molecular weight is 284 g/mol. The molecule has 1 atom stereocenters. The van der Waals surface area contributed by atoms with E-state index in [-0.39, 0.29) is 6.04 Å². The third kappa shape index (κ3) is 2.70. The van der Waals surface area contributed by atoms with Gasteiger partial charge in [-0.05, 0) is 42.6 Å². The Bertz CT molecular complexity index is 781. The van der Waals surface area contributed by atoms with Crippen LogP contribution in [0.4, 0.5) is 14.5 Å². The fraction of sp³-hybridized carbons (Fsp3) is 0.118. The van der Waals surface area contributed by atoms with Crippen LogP contribution in [0.15, 0.2) is 54.9 Å². The lowest BCUT2D eigenvalue weighted by atomic mass is 10.1. The lowest BCUT2D eigenvalue weighted by Crippen LogP contribution is -2.09. The molecule has 21 heavy (non-hydrogen) atoms.